The summed E-state index contributed by atoms with van der Waals surface area (Å²) >= 11 is 7.29. The van der Waals surface area contributed by atoms with E-state index in [2.05, 4.69) is 4.99 Å². The first-order valence-corrected chi connectivity index (χ1v) is 11.6. The summed E-state index contributed by atoms with van der Waals surface area (Å²) in [6, 6.07) is 5.19. The molecular weight excluding hydrogens is 426 g/mol. The van der Waals surface area contributed by atoms with Gasteiger partial charge in [0, 0.05) is 18.1 Å². The maximum atomic E-state index is 12.8. The summed E-state index contributed by atoms with van der Waals surface area (Å²) in [5.74, 6) is -1.38. The predicted molar refractivity (Wildman–Crippen MR) is 107 cm³/mol. The van der Waals surface area contributed by atoms with E-state index in [9.17, 15) is 18.0 Å². The summed E-state index contributed by atoms with van der Waals surface area (Å²) in [4.78, 5) is 29.1. The van der Waals surface area contributed by atoms with E-state index in [1.807, 2.05) is 0 Å². The molecule has 1 fully saturated rings. The van der Waals surface area contributed by atoms with Gasteiger partial charge in [-0.3, -0.25) is 9.59 Å². The van der Waals surface area contributed by atoms with Crippen molar-refractivity contribution in [1.82, 2.24) is 8.87 Å². The van der Waals surface area contributed by atoms with Gasteiger partial charge >= 0.3 is 5.97 Å². The van der Waals surface area contributed by atoms with Crippen LogP contribution in [0.3, 0.4) is 0 Å². The van der Waals surface area contributed by atoms with Gasteiger partial charge in [-0.15, -0.1) is 0 Å². The topological polar surface area (TPSA) is 98.0 Å². The Balaban J connectivity index is 1.99. The first-order valence-electron chi connectivity index (χ1n) is 8.58. The molecule has 0 saturated carbocycles. The summed E-state index contributed by atoms with van der Waals surface area (Å²) in [7, 11) is -2.07. The average molecular weight is 446 g/mol. The molecule has 1 aromatic carbocycles. The van der Waals surface area contributed by atoms with Crippen LogP contribution >= 0.6 is 22.9 Å². The van der Waals surface area contributed by atoms with Crippen LogP contribution in [0.25, 0.3) is 10.2 Å². The third-order valence-electron chi connectivity index (χ3n) is 4.57. The van der Waals surface area contributed by atoms with Gasteiger partial charge in [-0.1, -0.05) is 22.9 Å². The van der Waals surface area contributed by atoms with Crippen molar-refractivity contribution in [3.05, 3.63) is 28.0 Å². The Labute approximate surface area is 171 Å². The fourth-order valence-corrected chi connectivity index (χ4v) is 5.33. The number of fused-ring (bicyclic) bond motifs is 1. The lowest BCUT2D eigenvalue weighted by atomic mass is 9.99. The van der Waals surface area contributed by atoms with Gasteiger partial charge in [-0.2, -0.15) is 4.99 Å². The van der Waals surface area contributed by atoms with Crippen molar-refractivity contribution in [2.24, 2.45) is 10.9 Å². The molecule has 11 heteroatoms. The summed E-state index contributed by atoms with van der Waals surface area (Å²) in [6.07, 6.45) is 2.31. The summed E-state index contributed by atoms with van der Waals surface area (Å²) in [5.41, 5.74) is 0.716. The van der Waals surface area contributed by atoms with Gasteiger partial charge in [0.05, 0.1) is 29.5 Å². The molecule has 2 heterocycles. The van der Waals surface area contributed by atoms with E-state index in [1.54, 1.807) is 22.8 Å². The van der Waals surface area contributed by atoms with Crippen molar-refractivity contribution in [1.29, 1.82) is 0 Å². The zero-order valence-corrected chi connectivity index (χ0v) is 17.8. The van der Waals surface area contributed by atoms with Crippen LogP contribution in [0.2, 0.25) is 5.02 Å². The van der Waals surface area contributed by atoms with Gasteiger partial charge in [0.15, 0.2) is 4.80 Å². The summed E-state index contributed by atoms with van der Waals surface area (Å²) < 4.78 is 32.0. The van der Waals surface area contributed by atoms with Gasteiger partial charge in [-0.05, 0) is 31.0 Å². The number of carbonyl (C=O) groups is 2. The molecule has 2 aromatic rings. The van der Waals surface area contributed by atoms with Crippen molar-refractivity contribution in [2.75, 3.05) is 26.5 Å². The van der Waals surface area contributed by atoms with Gasteiger partial charge in [0.25, 0.3) is 5.91 Å². The van der Waals surface area contributed by atoms with Crippen LogP contribution in [0, 0.1) is 5.92 Å². The molecule has 1 unspecified atom stereocenters. The number of carbonyl (C=O) groups excluding carboxylic acids is 2. The Bertz CT molecular complexity index is 1090. The maximum Gasteiger partial charge on any atom is 0.325 e. The van der Waals surface area contributed by atoms with Crippen LogP contribution in [0.15, 0.2) is 23.2 Å². The van der Waals surface area contributed by atoms with E-state index in [0.717, 1.165) is 11.0 Å². The molecule has 28 heavy (non-hydrogen) atoms. The van der Waals surface area contributed by atoms with Gasteiger partial charge in [-0.25, -0.2) is 12.7 Å². The molecule has 0 aliphatic carbocycles. The van der Waals surface area contributed by atoms with Gasteiger partial charge in [0.1, 0.15) is 6.54 Å². The second-order valence-electron chi connectivity index (χ2n) is 6.57. The Morgan fingerprint density at radius 3 is 2.82 bits per heavy atom. The molecule has 0 bridgehead atoms. The molecule has 0 radical (unpaired) electrons. The molecule has 1 aliphatic rings. The van der Waals surface area contributed by atoms with Crippen LogP contribution < -0.4 is 4.80 Å². The molecule has 152 valence electrons. The average Bonchev–Trinajstić information content (AvgIpc) is 2.97. The molecular formula is C17H20ClN3O5S2. The molecule has 3 rings (SSSR count). The maximum absolute atomic E-state index is 12.8. The fraction of sp³-hybridized carbons (Fsp3) is 0.471. The van der Waals surface area contributed by atoms with E-state index < -0.39 is 27.8 Å². The lowest BCUT2D eigenvalue weighted by molar-refractivity contribution is -0.141. The molecule has 1 amide bonds. The fourth-order valence-electron chi connectivity index (χ4n) is 3.11. The third kappa shape index (κ3) is 4.62. The Kier molecular flexibility index (Phi) is 6.23. The largest absolute Gasteiger partial charge is 0.468 e. The van der Waals surface area contributed by atoms with Crippen LogP contribution in [0.1, 0.15) is 12.8 Å². The number of halogens is 1. The standard InChI is InChI=1S/C17H20ClN3O5S2/c1-26-15(22)10-21-13-6-5-12(18)8-14(13)27-17(21)19-16(23)11-4-3-7-20(9-11)28(2,24)25/h5-6,8,11H,3-4,7,9-10H2,1-2H3. The monoisotopic (exact) mass is 445 g/mol. The number of esters is 1. The van der Waals surface area contributed by atoms with Crippen molar-refractivity contribution in [2.45, 2.75) is 19.4 Å². The second kappa shape index (κ2) is 8.32. The van der Waals surface area contributed by atoms with Crippen LogP contribution in [0.5, 0.6) is 0 Å². The van der Waals surface area contributed by atoms with E-state index in [4.69, 9.17) is 16.3 Å². The molecule has 1 atom stereocenters. The number of hydrogen-bond acceptors (Lipinski definition) is 6. The third-order valence-corrected chi connectivity index (χ3v) is 7.11. The number of piperidine rings is 1. The van der Waals surface area contributed by atoms with Crippen molar-refractivity contribution < 1.29 is 22.7 Å². The minimum Gasteiger partial charge on any atom is -0.468 e. The minimum absolute atomic E-state index is 0.0929. The highest BCUT2D eigenvalue weighted by atomic mass is 35.5. The normalized spacial score (nSPS) is 19.1. The zero-order valence-electron chi connectivity index (χ0n) is 15.4. The number of hydrogen-bond donors (Lipinski definition) is 0. The highest BCUT2D eigenvalue weighted by Crippen LogP contribution is 2.23. The van der Waals surface area contributed by atoms with E-state index >= 15 is 0 Å². The Hall–Kier alpha value is -1.75. The van der Waals surface area contributed by atoms with E-state index in [0.29, 0.717) is 34.7 Å². The first-order chi connectivity index (χ1) is 13.2. The van der Waals surface area contributed by atoms with E-state index in [-0.39, 0.29) is 13.1 Å². The van der Waals surface area contributed by atoms with Crippen molar-refractivity contribution in [3.8, 4) is 0 Å². The zero-order chi connectivity index (χ0) is 20.5. The number of ether oxygens (including phenoxy) is 1. The molecule has 1 aliphatic heterocycles. The predicted octanol–water partition coefficient (Wildman–Crippen LogP) is 1.63. The summed E-state index contributed by atoms with van der Waals surface area (Å²) in [6.45, 7) is 0.436. The van der Waals surface area contributed by atoms with Crippen molar-refractivity contribution >= 4 is 55.1 Å². The second-order valence-corrected chi connectivity index (χ2v) is 10.00. The van der Waals surface area contributed by atoms with Crippen LogP contribution in [0.4, 0.5) is 0 Å². The highest BCUT2D eigenvalue weighted by Gasteiger charge is 2.30. The smallest absolute Gasteiger partial charge is 0.325 e. The minimum atomic E-state index is -3.36. The first kappa shape index (κ1) is 21.0. The summed E-state index contributed by atoms with van der Waals surface area (Å²) in [5, 5.41) is 0.535. The lowest BCUT2D eigenvalue weighted by Gasteiger charge is -2.28. The number of nitrogens with zero attached hydrogens (tertiary/aromatic N) is 3. The van der Waals surface area contributed by atoms with Crippen molar-refractivity contribution in [3.63, 3.8) is 0 Å². The number of sulfonamides is 1. The molecule has 0 spiro atoms. The number of thiazole rings is 1. The van der Waals surface area contributed by atoms with Crippen LogP contribution in [-0.2, 0) is 30.9 Å². The van der Waals surface area contributed by atoms with Crippen LogP contribution in [-0.4, -0.2) is 55.6 Å². The Morgan fingerprint density at radius 2 is 2.14 bits per heavy atom. The number of amides is 1. The number of aromatic nitrogens is 1. The van der Waals surface area contributed by atoms with Gasteiger partial charge < -0.3 is 9.30 Å². The molecule has 8 nitrogen and oxygen atoms in total. The number of rotatable bonds is 4. The molecule has 1 saturated heterocycles. The van der Waals surface area contributed by atoms with Gasteiger partial charge in [0.2, 0.25) is 10.0 Å². The number of benzene rings is 1. The SMILES string of the molecule is COC(=O)Cn1c(=NC(=O)C2CCCN(S(C)(=O)=O)C2)sc2cc(Cl)ccc21. The molecule has 1 aromatic heterocycles. The number of methoxy groups -OCH3 is 1. The lowest BCUT2D eigenvalue weighted by Crippen LogP contribution is -2.41. The quantitative estimate of drug-likeness (QED) is 0.666. The Morgan fingerprint density at radius 1 is 1.39 bits per heavy atom. The van der Waals surface area contributed by atoms with E-state index in [1.165, 1.54) is 22.8 Å². The molecule has 0 N–H and O–H groups in total. The highest BCUT2D eigenvalue weighted by molar-refractivity contribution is 7.88.